The van der Waals surface area contributed by atoms with Gasteiger partial charge in [0.25, 0.3) is 10.2 Å². The summed E-state index contributed by atoms with van der Waals surface area (Å²) >= 11 is 0. The lowest BCUT2D eigenvalue weighted by Gasteiger charge is -2.39. The number of aromatic nitrogens is 3. The summed E-state index contributed by atoms with van der Waals surface area (Å²) in [6.45, 7) is 2.08. The van der Waals surface area contributed by atoms with Crippen molar-refractivity contribution in [2.75, 3.05) is 38.1 Å². The van der Waals surface area contributed by atoms with E-state index in [1.807, 2.05) is 36.4 Å². The van der Waals surface area contributed by atoms with E-state index in [1.54, 1.807) is 28.1 Å². The van der Waals surface area contributed by atoms with Gasteiger partial charge in [0.2, 0.25) is 0 Å². The van der Waals surface area contributed by atoms with Crippen molar-refractivity contribution in [1.29, 1.82) is 0 Å². The Bertz CT molecular complexity index is 1210. The van der Waals surface area contributed by atoms with Crippen LogP contribution in [0.25, 0.3) is 22.3 Å². The second-order valence-corrected chi connectivity index (χ2v) is 10.8. The molecular weight excluding hydrogens is 436 g/mol. The van der Waals surface area contributed by atoms with Crippen molar-refractivity contribution in [3.63, 3.8) is 0 Å². The number of fused-ring (bicyclic) bond motifs is 1. The van der Waals surface area contributed by atoms with Crippen molar-refractivity contribution < 1.29 is 8.42 Å². The monoisotopic (exact) mass is 466 g/mol. The van der Waals surface area contributed by atoms with Gasteiger partial charge >= 0.3 is 0 Å². The molecule has 0 atom stereocenters. The number of hydrogen-bond donors (Lipinski definition) is 0. The van der Waals surface area contributed by atoms with Crippen LogP contribution in [0.1, 0.15) is 32.1 Å². The molecule has 1 saturated carbocycles. The number of rotatable bonds is 5. The lowest BCUT2D eigenvalue weighted by molar-refractivity contribution is 0.259. The highest BCUT2D eigenvalue weighted by Gasteiger charge is 2.35. The number of piperazine rings is 1. The van der Waals surface area contributed by atoms with E-state index in [9.17, 15) is 8.42 Å². The molecule has 0 spiro atoms. The van der Waals surface area contributed by atoms with Crippen LogP contribution >= 0.6 is 0 Å². The molecule has 2 aliphatic rings. The summed E-state index contributed by atoms with van der Waals surface area (Å²) < 4.78 is 29.8. The molecule has 8 nitrogen and oxygen atoms in total. The van der Waals surface area contributed by atoms with Crippen LogP contribution in [0.15, 0.2) is 48.8 Å². The highest BCUT2D eigenvalue weighted by atomic mass is 32.2. The van der Waals surface area contributed by atoms with Crippen molar-refractivity contribution >= 4 is 26.9 Å². The molecule has 9 heteroatoms. The van der Waals surface area contributed by atoms with E-state index in [0.29, 0.717) is 32.0 Å². The van der Waals surface area contributed by atoms with E-state index in [4.69, 9.17) is 9.97 Å². The fourth-order valence-electron chi connectivity index (χ4n) is 4.88. The zero-order chi connectivity index (χ0) is 22.8. The Morgan fingerprint density at radius 1 is 0.909 bits per heavy atom. The first-order valence-electron chi connectivity index (χ1n) is 11.7. The van der Waals surface area contributed by atoms with Crippen LogP contribution in [0.3, 0.4) is 0 Å². The molecule has 1 aliphatic heterocycles. The van der Waals surface area contributed by atoms with Gasteiger partial charge in [-0.25, -0.2) is 9.97 Å². The molecule has 0 radical (unpaired) electrons. The van der Waals surface area contributed by atoms with Crippen molar-refractivity contribution in [2.45, 2.75) is 38.1 Å². The van der Waals surface area contributed by atoms with Gasteiger partial charge in [0.15, 0.2) is 5.82 Å². The maximum Gasteiger partial charge on any atom is 0.282 e. The van der Waals surface area contributed by atoms with Crippen LogP contribution in [0.5, 0.6) is 0 Å². The average molecular weight is 467 g/mol. The Kier molecular flexibility index (Phi) is 6.27. The minimum atomic E-state index is -3.46. The summed E-state index contributed by atoms with van der Waals surface area (Å²) in [4.78, 5) is 15.9. The molecule has 5 rings (SSSR count). The van der Waals surface area contributed by atoms with Crippen LogP contribution in [0.2, 0.25) is 0 Å². The first-order chi connectivity index (χ1) is 16.0. The van der Waals surface area contributed by atoms with Gasteiger partial charge in [-0.15, -0.1) is 0 Å². The van der Waals surface area contributed by atoms with Crippen LogP contribution in [-0.4, -0.2) is 71.2 Å². The fraction of sp³-hybridized carbons (Fsp3) is 0.458. The Labute approximate surface area is 195 Å². The Hall–Kier alpha value is -2.62. The number of hydrogen-bond acceptors (Lipinski definition) is 6. The highest BCUT2D eigenvalue weighted by molar-refractivity contribution is 7.86. The van der Waals surface area contributed by atoms with Gasteiger partial charge in [-0.1, -0.05) is 31.4 Å². The fourth-order valence-corrected chi connectivity index (χ4v) is 6.45. The third-order valence-corrected chi connectivity index (χ3v) is 8.88. The molecule has 2 fully saturated rings. The SMILES string of the molecule is CN(C1CCCCC1)S(=O)(=O)N1CCN(c2nc(-c3ccncc3)nc3ccccc23)CC1. The Morgan fingerprint density at radius 2 is 1.61 bits per heavy atom. The van der Waals surface area contributed by atoms with E-state index < -0.39 is 10.2 Å². The molecule has 0 amide bonds. The maximum absolute atomic E-state index is 13.3. The molecule has 0 N–H and O–H groups in total. The molecule has 1 saturated heterocycles. The molecule has 3 aromatic rings. The zero-order valence-electron chi connectivity index (χ0n) is 19.0. The summed E-state index contributed by atoms with van der Waals surface area (Å²) in [6.07, 6.45) is 8.82. The number of pyridine rings is 1. The second-order valence-electron chi connectivity index (χ2n) is 8.83. The molecule has 3 heterocycles. The molecule has 1 aromatic carbocycles. The van der Waals surface area contributed by atoms with Gasteiger partial charge in [0.05, 0.1) is 5.52 Å². The predicted molar refractivity (Wildman–Crippen MR) is 130 cm³/mol. The van der Waals surface area contributed by atoms with Crippen LogP contribution in [0, 0.1) is 0 Å². The van der Waals surface area contributed by atoms with Crippen LogP contribution < -0.4 is 4.90 Å². The first kappa shape index (κ1) is 22.2. The van der Waals surface area contributed by atoms with E-state index in [1.165, 1.54) is 6.42 Å². The lowest BCUT2D eigenvalue weighted by Crippen LogP contribution is -2.54. The van der Waals surface area contributed by atoms with Gasteiger partial charge in [-0.05, 0) is 37.1 Å². The smallest absolute Gasteiger partial charge is 0.282 e. The van der Waals surface area contributed by atoms with Crippen LogP contribution in [0.4, 0.5) is 5.82 Å². The van der Waals surface area contributed by atoms with Gasteiger partial charge in [-0.2, -0.15) is 17.0 Å². The largest absolute Gasteiger partial charge is 0.353 e. The van der Waals surface area contributed by atoms with Gasteiger partial charge in [0.1, 0.15) is 5.82 Å². The minimum Gasteiger partial charge on any atom is -0.353 e. The number of para-hydroxylation sites is 1. The summed E-state index contributed by atoms with van der Waals surface area (Å²) in [7, 11) is -1.71. The quantitative estimate of drug-likeness (QED) is 0.574. The van der Waals surface area contributed by atoms with E-state index >= 15 is 0 Å². The summed E-state index contributed by atoms with van der Waals surface area (Å²) in [5.41, 5.74) is 1.79. The molecule has 0 bridgehead atoms. The zero-order valence-corrected chi connectivity index (χ0v) is 19.8. The Morgan fingerprint density at radius 3 is 2.33 bits per heavy atom. The lowest BCUT2D eigenvalue weighted by atomic mass is 9.96. The average Bonchev–Trinajstić information content (AvgIpc) is 2.88. The van der Waals surface area contributed by atoms with E-state index in [2.05, 4.69) is 9.88 Å². The van der Waals surface area contributed by atoms with Gasteiger partial charge < -0.3 is 4.90 Å². The molecule has 2 aromatic heterocycles. The summed E-state index contributed by atoms with van der Waals surface area (Å²) in [6, 6.07) is 11.9. The van der Waals surface area contributed by atoms with E-state index in [-0.39, 0.29) is 6.04 Å². The first-order valence-corrected chi connectivity index (χ1v) is 13.1. The van der Waals surface area contributed by atoms with Crippen molar-refractivity contribution in [2.24, 2.45) is 0 Å². The second kappa shape index (κ2) is 9.32. The number of nitrogens with zero attached hydrogens (tertiary/aromatic N) is 6. The standard InChI is InChI=1S/C24H30N6O2S/c1-28(20-7-3-2-4-8-20)33(31,32)30-17-15-29(16-18-30)24-21-9-5-6-10-22(21)26-23(27-24)19-11-13-25-14-12-19/h5-6,9-14,20H,2-4,7-8,15-18H2,1H3. The molecular formula is C24H30N6O2S. The number of benzene rings is 1. The third kappa shape index (κ3) is 4.45. The van der Waals surface area contributed by atoms with Gasteiger partial charge in [-0.3, -0.25) is 4.98 Å². The van der Waals surface area contributed by atoms with Crippen molar-refractivity contribution in [3.05, 3.63) is 48.8 Å². The number of anilines is 1. The summed E-state index contributed by atoms with van der Waals surface area (Å²) in [5.74, 6) is 1.50. The maximum atomic E-state index is 13.3. The normalized spacial score (nSPS) is 18.8. The van der Waals surface area contributed by atoms with Crippen LogP contribution in [-0.2, 0) is 10.2 Å². The molecule has 0 unspecified atom stereocenters. The predicted octanol–water partition coefficient (Wildman–Crippen LogP) is 3.32. The molecule has 174 valence electrons. The minimum absolute atomic E-state index is 0.121. The van der Waals surface area contributed by atoms with Gasteiger partial charge in [0, 0.05) is 62.6 Å². The highest BCUT2D eigenvalue weighted by Crippen LogP contribution is 2.29. The molecule has 33 heavy (non-hydrogen) atoms. The van der Waals surface area contributed by atoms with E-state index in [0.717, 1.165) is 48.0 Å². The molecule has 1 aliphatic carbocycles. The van der Waals surface area contributed by atoms with Crippen molar-refractivity contribution in [1.82, 2.24) is 23.6 Å². The van der Waals surface area contributed by atoms with Crippen molar-refractivity contribution in [3.8, 4) is 11.4 Å². The topological polar surface area (TPSA) is 82.5 Å². The Balaban J connectivity index is 1.38. The summed E-state index contributed by atoms with van der Waals surface area (Å²) in [5, 5.41) is 0.978. The third-order valence-electron chi connectivity index (χ3n) is 6.84.